The molecule has 0 unspecified atom stereocenters. The summed E-state index contributed by atoms with van der Waals surface area (Å²) in [6.07, 6.45) is 3.18. The summed E-state index contributed by atoms with van der Waals surface area (Å²) in [5.74, 6) is -1.72. The number of aryl methyl sites for hydroxylation is 1. The second-order valence-corrected chi connectivity index (χ2v) is 4.57. The molecule has 0 aliphatic heterocycles. The molecule has 0 spiro atoms. The Morgan fingerprint density at radius 1 is 1.33 bits per heavy atom. The zero-order valence-corrected chi connectivity index (χ0v) is 11.8. The van der Waals surface area contributed by atoms with Gasteiger partial charge in [0.15, 0.2) is 0 Å². The van der Waals surface area contributed by atoms with Crippen molar-refractivity contribution in [3.8, 4) is 0 Å². The van der Waals surface area contributed by atoms with Crippen LogP contribution in [0, 0.1) is 6.92 Å². The van der Waals surface area contributed by atoms with Crippen LogP contribution in [0.2, 0.25) is 0 Å². The molecule has 0 saturated carbocycles. The molecule has 0 fully saturated rings. The van der Waals surface area contributed by atoms with E-state index in [1.54, 1.807) is 18.2 Å². The first-order valence-electron chi connectivity index (χ1n) is 6.48. The van der Waals surface area contributed by atoms with Crippen LogP contribution in [0.25, 0.3) is 6.08 Å². The van der Waals surface area contributed by atoms with Gasteiger partial charge in [0.05, 0.1) is 0 Å². The SMILES string of the molecule is Cc1ccc(C(=O)NCCCC(N)=O)cc1/C=C/C(=O)O. The smallest absolute Gasteiger partial charge is 0.328 e. The van der Waals surface area contributed by atoms with Crippen LogP contribution in [0.4, 0.5) is 0 Å². The van der Waals surface area contributed by atoms with Gasteiger partial charge in [-0.15, -0.1) is 0 Å². The highest BCUT2D eigenvalue weighted by Crippen LogP contribution is 2.13. The van der Waals surface area contributed by atoms with Gasteiger partial charge in [-0.1, -0.05) is 6.07 Å². The summed E-state index contributed by atoms with van der Waals surface area (Å²) in [6, 6.07) is 5.04. The Morgan fingerprint density at radius 3 is 2.67 bits per heavy atom. The summed E-state index contributed by atoms with van der Waals surface area (Å²) in [5, 5.41) is 11.3. The predicted molar refractivity (Wildman–Crippen MR) is 78.6 cm³/mol. The van der Waals surface area contributed by atoms with E-state index in [2.05, 4.69) is 5.32 Å². The van der Waals surface area contributed by atoms with E-state index < -0.39 is 11.9 Å². The number of primary amides is 1. The highest BCUT2D eigenvalue weighted by atomic mass is 16.4. The normalized spacial score (nSPS) is 10.5. The van der Waals surface area contributed by atoms with Gasteiger partial charge in [-0.25, -0.2) is 4.79 Å². The van der Waals surface area contributed by atoms with Gasteiger partial charge in [0.25, 0.3) is 5.91 Å². The van der Waals surface area contributed by atoms with Crippen LogP contribution < -0.4 is 11.1 Å². The Labute approximate surface area is 122 Å². The minimum Gasteiger partial charge on any atom is -0.478 e. The van der Waals surface area contributed by atoms with E-state index in [4.69, 9.17) is 10.8 Å². The number of nitrogens with one attached hydrogen (secondary N) is 1. The molecule has 1 aromatic rings. The van der Waals surface area contributed by atoms with E-state index in [0.29, 0.717) is 24.1 Å². The fourth-order valence-corrected chi connectivity index (χ4v) is 1.69. The molecule has 4 N–H and O–H groups in total. The molecule has 0 aliphatic rings. The molecule has 0 bridgehead atoms. The number of carboxylic acid groups (broad SMARTS) is 1. The molecule has 6 heteroatoms. The Balaban J connectivity index is 2.70. The molecule has 112 valence electrons. The van der Waals surface area contributed by atoms with Crippen molar-refractivity contribution in [3.63, 3.8) is 0 Å². The van der Waals surface area contributed by atoms with Gasteiger partial charge in [-0.05, 0) is 42.7 Å². The van der Waals surface area contributed by atoms with E-state index in [1.807, 2.05) is 6.92 Å². The van der Waals surface area contributed by atoms with Crippen LogP contribution in [0.3, 0.4) is 0 Å². The average molecular weight is 290 g/mol. The number of benzene rings is 1. The summed E-state index contributed by atoms with van der Waals surface area (Å²) in [5.41, 5.74) is 6.98. The monoisotopic (exact) mass is 290 g/mol. The first-order valence-corrected chi connectivity index (χ1v) is 6.48. The van der Waals surface area contributed by atoms with Crippen molar-refractivity contribution < 1.29 is 19.5 Å². The minimum atomic E-state index is -1.05. The summed E-state index contributed by atoms with van der Waals surface area (Å²) >= 11 is 0. The van der Waals surface area contributed by atoms with Crippen LogP contribution in [0.5, 0.6) is 0 Å². The number of carboxylic acids is 1. The van der Waals surface area contributed by atoms with Gasteiger partial charge >= 0.3 is 5.97 Å². The fraction of sp³-hybridized carbons (Fsp3) is 0.267. The van der Waals surface area contributed by atoms with Gasteiger partial charge in [0, 0.05) is 24.6 Å². The Hall–Kier alpha value is -2.63. The molecule has 1 rings (SSSR count). The lowest BCUT2D eigenvalue weighted by molar-refractivity contribution is -0.131. The number of carbonyl (C=O) groups is 3. The number of aliphatic carboxylic acids is 1. The number of hydrogen-bond donors (Lipinski definition) is 3. The maximum absolute atomic E-state index is 11.9. The third kappa shape index (κ3) is 5.90. The molecule has 6 nitrogen and oxygen atoms in total. The third-order valence-electron chi connectivity index (χ3n) is 2.83. The highest BCUT2D eigenvalue weighted by Gasteiger charge is 2.07. The fourth-order valence-electron chi connectivity index (χ4n) is 1.69. The van der Waals surface area contributed by atoms with Crippen LogP contribution in [-0.2, 0) is 9.59 Å². The molecular formula is C15H18N2O4. The molecule has 0 atom stereocenters. The number of nitrogens with two attached hydrogens (primary N) is 1. The van der Waals surface area contributed by atoms with Gasteiger partial charge in [0.2, 0.25) is 5.91 Å². The maximum atomic E-state index is 11.9. The van der Waals surface area contributed by atoms with Crippen molar-refractivity contribution >= 4 is 23.9 Å². The third-order valence-corrected chi connectivity index (χ3v) is 2.83. The van der Waals surface area contributed by atoms with Gasteiger partial charge in [0.1, 0.15) is 0 Å². The van der Waals surface area contributed by atoms with Gasteiger partial charge in [-0.3, -0.25) is 9.59 Å². The van der Waals surface area contributed by atoms with E-state index in [0.717, 1.165) is 11.6 Å². The van der Waals surface area contributed by atoms with Gasteiger partial charge in [-0.2, -0.15) is 0 Å². The Morgan fingerprint density at radius 2 is 2.05 bits per heavy atom. The summed E-state index contributed by atoms with van der Waals surface area (Å²) < 4.78 is 0. The predicted octanol–water partition coefficient (Wildman–Crippen LogP) is 1.09. The Kier molecular flexibility index (Phi) is 6.13. The van der Waals surface area contributed by atoms with E-state index in [1.165, 1.54) is 6.08 Å². The van der Waals surface area contributed by atoms with Crippen molar-refractivity contribution in [1.29, 1.82) is 0 Å². The first kappa shape index (κ1) is 16.4. The molecule has 1 aromatic carbocycles. The molecule has 2 amide bonds. The van der Waals surface area contributed by atoms with Crippen molar-refractivity contribution in [3.05, 3.63) is 41.0 Å². The Bertz CT molecular complexity index is 579. The van der Waals surface area contributed by atoms with Crippen molar-refractivity contribution in [2.75, 3.05) is 6.54 Å². The standard InChI is InChI=1S/C15H18N2O4/c1-10-4-5-12(9-11(10)6-7-14(19)20)15(21)17-8-2-3-13(16)18/h4-7,9H,2-3,8H2,1H3,(H2,16,18)(H,17,21)(H,19,20)/b7-6+. The minimum absolute atomic E-state index is 0.223. The molecule has 21 heavy (non-hydrogen) atoms. The summed E-state index contributed by atoms with van der Waals surface area (Å²) in [4.78, 5) is 33.0. The topological polar surface area (TPSA) is 109 Å². The van der Waals surface area contributed by atoms with Crippen LogP contribution in [-0.4, -0.2) is 29.4 Å². The summed E-state index contributed by atoms with van der Waals surface area (Å²) in [6.45, 7) is 2.19. The lowest BCUT2D eigenvalue weighted by Crippen LogP contribution is -2.25. The van der Waals surface area contributed by atoms with E-state index in [9.17, 15) is 14.4 Å². The quantitative estimate of drug-likeness (QED) is 0.515. The first-order chi connectivity index (χ1) is 9.90. The van der Waals surface area contributed by atoms with Crippen LogP contribution in [0.1, 0.15) is 34.3 Å². The second kappa shape index (κ2) is 7.84. The molecule has 0 aliphatic carbocycles. The van der Waals surface area contributed by atoms with Crippen LogP contribution >= 0.6 is 0 Å². The lowest BCUT2D eigenvalue weighted by atomic mass is 10.0. The molecule has 0 aromatic heterocycles. The molecular weight excluding hydrogens is 272 g/mol. The highest BCUT2D eigenvalue weighted by molar-refractivity contribution is 5.95. The number of rotatable bonds is 7. The second-order valence-electron chi connectivity index (χ2n) is 4.57. The average Bonchev–Trinajstić information content (AvgIpc) is 2.42. The molecule has 0 saturated heterocycles. The zero-order valence-electron chi connectivity index (χ0n) is 11.8. The number of amides is 2. The lowest BCUT2D eigenvalue weighted by Gasteiger charge is -2.07. The number of hydrogen-bond acceptors (Lipinski definition) is 3. The zero-order chi connectivity index (χ0) is 15.8. The van der Waals surface area contributed by atoms with Crippen molar-refractivity contribution in [1.82, 2.24) is 5.32 Å². The molecule has 0 radical (unpaired) electrons. The van der Waals surface area contributed by atoms with E-state index in [-0.39, 0.29) is 12.3 Å². The van der Waals surface area contributed by atoms with Crippen molar-refractivity contribution in [2.24, 2.45) is 5.73 Å². The van der Waals surface area contributed by atoms with Crippen LogP contribution in [0.15, 0.2) is 24.3 Å². The van der Waals surface area contributed by atoms with E-state index >= 15 is 0 Å². The largest absolute Gasteiger partial charge is 0.478 e. The number of carbonyl (C=O) groups excluding carboxylic acids is 2. The maximum Gasteiger partial charge on any atom is 0.328 e. The van der Waals surface area contributed by atoms with Gasteiger partial charge < -0.3 is 16.2 Å². The van der Waals surface area contributed by atoms with Crippen molar-refractivity contribution in [2.45, 2.75) is 19.8 Å². The molecule has 0 heterocycles. The summed E-state index contributed by atoms with van der Waals surface area (Å²) in [7, 11) is 0.